The molecular formula is C23H31BrN2O. The molecule has 0 aliphatic heterocycles. The number of carbonyl (C=O) groups is 1. The first-order valence-electron chi connectivity index (χ1n) is 9.72. The van der Waals surface area contributed by atoms with Crippen LogP contribution < -0.4 is 26.9 Å². The van der Waals surface area contributed by atoms with Gasteiger partial charge in [-0.15, -0.1) is 6.58 Å². The average molecular weight is 431 g/mol. The number of unbranched alkanes of at least 4 members (excludes halogenated alkanes) is 6. The molecule has 27 heavy (non-hydrogen) atoms. The molecular weight excluding hydrogens is 400 g/mol. The third-order valence-electron chi connectivity index (χ3n) is 4.41. The van der Waals surface area contributed by atoms with Gasteiger partial charge in [0.2, 0.25) is 5.91 Å². The molecule has 1 aromatic carbocycles. The van der Waals surface area contributed by atoms with E-state index in [-0.39, 0.29) is 22.9 Å². The minimum atomic E-state index is 0. The Hall–Kier alpha value is -1.94. The van der Waals surface area contributed by atoms with Gasteiger partial charge in [-0.2, -0.15) is 4.57 Å². The smallest absolute Gasteiger partial charge is 0.224 e. The molecule has 0 saturated heterocycles. The fraction of sp³-hybridized carbons (Fsp3) is 0.391. The molecule has 146 valence electrons. The van der Waals surface area contributed by atoms with Crippen LogP contribution in [-0.4, -0.2) is 5.91 Å². The Bertz CT molecular complexity index is 673. The van der Waals surface area contributed by atoms with Crippen LogP contribution in [0.4, 0.5) is 5.69 Å². The van der Waals surface area contributed by atoms with Crippen LogP contribution in [0.15, 0.2) is 67.5 Å². The lowest BCUT2D eigenvalue weighted by Gasteiger charge is -2.05. The van der Waals surface area contributed by atoms with E-state index in [1.54, 1.807) is 0 Å². The number of halogens is 1. The molecule has 0 bridgehead atoms. The molecule has 2 rings (SSSR count). The number of benzene rings is 1. The Morgan fingerprint density at radius 2 is 1.67 bits per heavy atom. The summed E-state index contributed by atoms with van der Waals surface area (Å²) < 4.78 is 2.09. The molecule has 0 aliphatic rings. The number of nitrogens with one attached hydrogen (secondary N) is 1. The van der Waals surface area contributed by atoms with Gasteiger partial charge in [0, 0.05) is 18.1 Å². The highest BCUT2D eigenvalue weighted by molar-refractivity contribution is 5.90. The second-order valence-corrected chi connectivity index (χ2v) is 6.75. The summed E-state index contributed by atoms with van der Waals surface area (Å²) in [5.74, 6) is 0.106. The van der Waals surface area contributed by atoms with Crippen molar-refractivity contribution in [2.45, 2.75) is 57.9 Å². The lowest BCUT2D eigenvalue weighted by molar-refractivity contribution is -0.687. The van der Waals surface area contributed by atoms with Crippen LogP contribution in [0.5, 0.6) is 0 Å². The number of rotatable bonds is 12. The Morgan fingerprint density at radius 1 is 0.963 bits per heavy atom. The fourth-order valence-electron chi connectivity index (χ4n) is 2.99. The van der Waals surface area contributed by atoms with Gasteiger partial charge in [0.1, 0.15) is 5.69 Å². The maximum absolute atomic E-state index is 12.1. The summed E-state index contributed by atoms with van der Waals surface area (Å²) in [7, 11) is 0. The maximum atomic E-state index is 12.1. The zero-order chi connectivity index (χ0) is 18.5. The monoisotopic (exact) mass is 430 g/mol. The van der Waals surface area contributed by atoms with Crippen LogP contribution in [0, 0.1) is 0 Å². The Kier molecular flexibility index (Phi) is 12.1. The number of amides is 1. The van der Waals surface area contributed by atoms with Crippen LogP contribution in [0.3, 0.4) is 0 Å². The molecule has 1 aromatic heterocycles. The number of nitrogens with zero attached hydrogens (tertiary/aromatic N) is 1. The zero-order valence-electron chi connectivity index (χ0n) is 16.1. The molecule has 3 nitrogen and oxygen atoms in total. The van der Waals surface area contributed by atoms with Crippen molar-refractivity contribution in [2.75, 3.05) is 5.32 Å². The molecule has 1 amide bonds. The predicted molar refractivity (Wildman–Crippen MR) is 108 cm³/mol. The van der Waals surface area contributed by atoms with Gasteiger partial charge in [-0.25, -0.2) is 0 Å². The molecule has 0 spiro atoms. The SMILES string of the molecule is C=CCCCCCCCCC(=O)Nc1ccc[n+](Cc2ccccc2)c1.[Br-]. The van der Waals surface area contributed by atoms with Gasteiger partial charge < -0.3 is 22.3 Å². The second-order valence-electron chi connectivity index (χ2n) is 6.75. The van der Waals surface area contributed by atoms with Gasteiger partial charge in [0.25, 0.3) is 0 Å². The van der Waals surface area contributed by atoms with Gasteiger partial charge in [-0.05, 0) is 25.3 Å². The van der Waals surface area contributed by atoms with Crippen molar-refractivity contribution in [3.05, 3.63) is 73.1 Å². The van der Waals surface area contributed by atoms with Crippen molar-refractivity contribution in [1.82, 2.24) is 0 Å². The summed E-state index contributed by atoms with van der Waals surface area (Å²) in [5.41, 5.74) is 2.10. The first-order valence-corrected chi connectivity index (χ1v) is 9.72. The summed E-state index contributed by atoms with van der Waals surface area (Å²) >= 11 is 0. The van der Waals surface area contributed by atoms with Crippen LogP contribution in [-0.2, 0) is 11.3 Å². The number of allylic oxidation sites excluding steroid dienone is 1. The highest BCUT2D eigenvalue weighted by Gasteiger charge is 2.07. The normalized spacial score (nSPS) is 10.1. The van der Waals surface area contributed by atoms with E-state index in [0.717, 1.165) is 31.5 Å². The van der Waals surface area contributed by atoms with Crippen molar-refractivity contribution in [2.24, 2.45) is 0 Å². The van der Waals surface area contributed by atoms with E-state index in [0.29, 0.717) is 6.42 Å². The van der Waals surface area contributed by atoms with Crippen molar-refractivity contribution >= 4 is 11.6 Å². The molecule has 0 aliphatic carbocycles. The van der Waals surface area contributed by atoms with Crippen LogP contribution in [0.1, 0.15) is 56.9 Å². The standard InChI is InChI=1S/C23H30N2O.BrH/c1-2-3-4-5-6-7-8-12-17-23(26)24-22-16-13-18-25(20-22)19-21-14-10-9-11-15-21;/h2,9-11,13-16,18,20H,1,3-8,12,17,19H2;1H. The summed E-state index contributed by atoms with van der Waals surface area (Å²) in [6, 6.07) is 14.2. The summed E-state index contributed by atoms with van der Waals surface area (Å²) in [6.07, 6.45) is 14.8. The van der Waals surface area contributed by atoms with Gasteiger partial charge in [0.15, 0.2) is 18.9 Å². The largest absolute Gasteiger partial charge is 1.00 e. The molecule has 2 aromatic rings. The third kappa shape index (κ3) is 10.1. The number of pyridine rings is 1. The highest BCUT2D eigenvalue weighted by atomic mass is 79.9. The Balaban J connectivity index is 0.00000364. The first kappa shape index (κ1) is 23.1. The van der Waals surface area contributed by atoms with Crippen molar-refractivity contribution < 1.29 is 26.3 Å². The van der Waals surface area contributed by atoms with Gasteiger partial charge in [-0.3, -0.25) is 4.79 Å². The van der Waals surface area contributed by atoms with Crippen molar-refractivity contribution in [3.63, 3.8) is 0 Å². The molecule has 0 unspecified atom stereocenters. The minimum absolute atomic E-state index is 0. The van der Waals surface area contributed by atoms with Crippen molar-refractivity contribution in [3.8, 4) is 0 Å². The molecule has 1 heterocycles. The Morgan fingerprint density at radius 3 is 2.41 bits per heavy atom. The number of hydrogen-bond acceptors (Lipinski definition) is 1. The second kappa shape index (κ2) is 14.2. The molecule has 1 N–H and O–H groups in total. The van der Waals surface area contributed by atoms with Crippen molar-refractivity contribution in [1.29, 1.82) is 0 Å². The molecule has 0 fully saturated rings. The average Bonchev–Trinajstić information content (AvgIpc) is 2.65. The van der Waals surface area contributed by atoms with E-state index in [4.69, 9.17) is 0 Å². The quantitative estimate of drug-likeness (QED) is 0.312. The van der Waals surface area contributed by atoms with Crippen LogP contribution in [0.25, 0.3) is 0 Å². The predicted octanol–water partition coefficient (Wildman–Crippen LogP) is 2.27. The lowest BCUT2D eigenvalue weighted by atomic mass is 10.1. The molecule has 4 heteroatoms. The van der Waals surface area contributed by atoms with E-state index in [1.165, 1.54) is 31.2 Å². The number of anilines is 1. The van der Waals surface area contributed by atoms with E-state index < -0.39 is 0 Å². The summed E-state index contributed by atoms with van der Waals surface area (Å²) in [6.45, 7) is 4.54. The minimum Gasteiger partial charge on any atom is -1.00 e. The van der Waals surface area contributed by atoms with E-state index in [1.807, 2.05) is 48.8 Å². The Labute approximate surface area is 174 Å². The van der Waals surface area contributed by atoms with Gasteiger partial charge in [0.05, 0.1) is 0 Å². The molecule has 0 saturated carbocycles. The number of hydrogen-bond donors (Lipinski definition) is 1. The highest BCUT2D eigenvalue weighted by Crippen LogP contribution is 2.10. The van der Waals surface area contributed by atoms with E-state index in [2.05, 4.69) is 28.6 Å². The number of aromatic nitrogens is 1. The third-order valence-corrected chi connectivity index (χ3v) is 4.41. The summed E-state index contributed by atoms with van der Waals surface area (Å²) in [5, 5.41) is 3.02. The van der Waals surface area contributed by atoms with Crippen LogP contribution >= 0.6 is 0 Å². The van der Waals surface area contributed by atoms with Gasteiger partial charge in [-0.1, -0.05) is 62.1 Å². The maximum Gasteiger partial charge on any atom is 0.224 e. The van der Waals surface area contributed by atoms with E-state index >= 15 is 0 Å². The van der Waals surface area contributed by atoms with E-state index in [9.17, 15) is 4.79 Å². The topological polar surface area (TPSA) is 33.0 Å². The fourth-order valence-corrected chi connectivity index (χ4v) is 2.99. The molecule has 0 radical (unpaired) electrons. The zero-order valence-corrected chi connectivity index (χ0v) is 17.7. The lowest BCUT2D eigenvalue weighted by Crippen LogP contribution is -3.00. The summed E-state index contributed by atoms with van der Waals surface area (Å²) in [4.78, 5) is 12.1. The first-order chi connectivity index (χ1) is 12.8. The number of carbonyl (C=O) groups excluding carboxylic acids is 1. The van der Waals surface area contributed by atoms with Crippen LogP contribution in [0.2, 0.25) is 0 Å². The van der Waals surface area contributed by atoms with Gasteiger partial charge >= 0.3 is 0 Å². The molecule has 0 atom stereocenters.